The van der Waals surface area contributed by atoms with Crippen LogP contribution < -0.4 is 0 Å². The molecule has 1 aliphatic carbocycles. The third kappa shape index (κ3) is 7.10. The molecule has 1 rings (SSSR count). The van der Waals surface area contributed by atoms with Crippen LogP contribution in [0, 0.1) is 11.8 Å². The van der Waals surface area contributed by atoms with Gasteiger partial charge in [0.05, 0.1) is 12.2 Å². The number of aliphatic hydroxyl groups excluding tert-OH is 2. The second-order valence-electron chi connectivity index (χ2n) is 6.13. The third-order valence-electron chi connectivity index (χ3n) is 4.24. The zero-order valence-electron chi connectivity index (χ0n) is 13.7. The van der Waals surface area contributed by atoms with Gasteiger partial charge in [0.15, 0.2) is 0 Å². The second-order valence-corrected chi connectivity index (χ2v) is 6.13. The van der Waals surface area contributed by atoms with E-state index < -0.39 is 18.2 Å². The summed E-state index contributed by atoms with van der Waals surface area (Å²) in [6, 6.07) is 0. The molecule has 5 nitrogen and oxygen atoms in total. The van der Waals surface area contributed by atoms with Gasteiger partial charge in [-0.1, -0.05) is 37.6 Å². The van der Waals surface area contributed by atoms with Crippen molar-refractivity contribution in [3.8, 4) is 0 Å². The van der Waals surface area contributed by atoms with Gasteiger partial charge in [-0.2, -0.15) is 0 Å². The number of rotatable bonds is 10. The molecular weight excluding hydrogens is 296 g/mol. The average Bonchev–Trinajstić information content (AvgIpc) is 2.75. The number of aliphatic carboxylic acids is 1. The van der Waals surface area contributed by atoms with Crippen LogP contribution in [0.3, 0.4) is 0 Å². The molecule has 0 amide bonds. The van der Waals surface area contributed by atoms with E-state index >= 15 is 0 Å². The van der Waals surface area contributed by atoms with Crippen LogP contribution in [0.25, 0.3) is 0 Å². The van der Waals surface area contributed by atoms with Crippen LogP contribution in [0.1, 0.15) is 51.9 Å². The van der Waals surface area contributed by atoms with Gasteiger partial charge in [0.1, 0.15) is 5.78 Å². The van der Waals surface area contributed by atoms with Crippen molar-refractivity contribution in [2.45, 2.75) is 64.1 Å². The number of carboxylic acids is 1. The van der Waals surface area contributed by atoms with E-state index in [1.807, 2.05) is 19.1 Å². The van der Waals surface area contributed by atoms with E-state index in [0.717, 1.165) is 6.42 Å². The quantitative estimate of drug-likeness (QED) is 0.424. The number of hydrogen-bond acceptors (Lipinski definition) is 4. The Balaban J connectivity index is 2.53. The van der Waals surface area contributed by atoms with Crippen molar-refractivity contribution in [3.63, 3.8) is 0 Å². The lowest BCUT2D eigenvalue weighted by atomic mass is 9.88. The Morgan fingerprint density at radius 3 is 2.74 bits per heavy atom. The van der Waals surface area contributed by atoms with Crippen LogP contribution in [0.5, 0.6) is 0 Å². The molecule has 0 aliphatic heterocycles. The molecule has 1 saturated carbocycles. The minimum absolute atomic E-state index is 0.00622. The van der Waals surface area contributed by atoms with Crippen LogP contribution in [-0.4, -0.2) is 39.3 Å². The highest BCUT2D eigenvalue weighted by Gasteiger charge is 2.39. The molecule has 4 atom stereocenters. The van der Waals surface area contributed by atoms with Crippen molar-refractivity contribution in [2.24, 2.45) is 11.8 Å². The highest BCUT2D eigenvalue weighted by atomic mass is 16.4. The van der Waals surface area contributed by atoms with Crippen molar-refractivity contribution >= 4 is 11.8 Å². The summed E-state index contributed by atoms with van der Waals surface area (Å²) in [7, 11) is 0. The summed E-state index contributed by atoms with van der Waals surface area (Å²) in [5, 5.41) is 28.5. The van der Waals surface area contributed by atoms with Gasteiger partial charge in [-0.15, -0.1) is 0 Å². The van der Waals surface area contributed by atoms with E-state index in [9.17, 15) is 19.8 Å². The smallest absolute Gasteiger partial charge is 0.303 e. The van der Waals surface area contributed by atoms with Crippen molar-refractivity contribution < 1.29 is 24.9 Å². The number of aliphatic hydroxyl groups is 2. The standard InChI is InChI=1S/C18H28O5/c1-2-3-4-7-13(19)10-11-15-14(16(20)12-17(15)21)8-5-6-9-18(22)23/h3-4,10-11,13-16,19-20H,2,5-9,12H2,1H3,(H,22,23)/b4-3-,11-10+/t13-,14+,15-,16+/m0/s1. The van der Waals surface area contributed by atoms with Gasteiger partial charge in [-0.05, 0) is 31.6 Å². The topological polar surface area (TPSA) is 94.8 Å². The molecule has 0 radical (unpaired) electrons. The maximum Gasteiger partial charge on any atom is 0.303 e. The van der Waals surface area contributed by atoms with Gasteiger partial charge in [0.2, 0.25) is 0 Å². The summed E-state index contributed by atoms with van der Waals surface area (Å²) >= 11 is 0. The number of allylic oxidation sites excluding steroid dienone is 2. The summed E-state index contributed by atoms with van der Waals surface area (Å²) in [6.07, 6.45) is 9.47. The zero-order chi connectivity index (χ0) is 17.2. The molecule has 0 spiro atoms. The van der Waals surface area contributed by atoms with E-state index in [-0.39, 0.29) is 30.5 Å². The molecule has 0 unspecified atom stereocenters. The highest BCUT2D eigenvalue weighted by molar-refractivity contribution is 5.85. The SMILES string of the molecule is CC/C=C\C[C@H](O)/C=C/[C@@H]1C(=O)C[C@@H](O)[C@@H]1CCCCC(=O)O. The molecule has 0 aromatic rings. The minimum atomic E-state index is -0.826. The first-order valence-corrected chi connectivity index (χ1v) is 8.39. The molecule has 23 heavy (non-hydrogen) atoms. The zero-order valence-corrected chi connectivity index (χ0v) is 13.7. The predicted octanol–water partition coefficient (Wildman–Crippen LogP) is 2.47. The Morgan fingerprint density at radius 1 is 1.35 bits per heavy atom. The maximum absolute atomic E-state index is 12.0. The summed E-state index contributed by atoms with van der Waals surface area (Å²) in [6.45, 7) is 2.02. The first kappa shape index (κ1) is 19.6. The summed E-state index contributed by atoms with van der Waals surface area (Å²) in [4.78, 5) is 22.5. The van der Waals surface area contributed by atoms with Gasteiger partial charge < -0.3 is 15.3 Å². The van der Waals surface area contributed by atoms with Gasteiger partial charge in [0.25, 0.3) is 0 Å². The van der Waals surface area contributed by atoms with Crippen molar-refractivity contribution in [1.82, 2.24) is 0 Å². The van der Waals surface area contributed by atoms with E-state index in [4.69, 9.17) is 5.11 Å². The van der Waals surface area contributed by atoms with Crippen molar-refractivity contribution in [1.29, 1.82) is 0 Å². The Morgan fingerprint density at radius 2 is 2.09 bits per heavy atom. The highest BCUT2D eigenvalue weighted by Crippen LogP contribution is 2.34. The molecule has 0 bridgehead atoms. The monoisotopic (exact) mass is 324 g/mol. The van der Waals surface area contributed by atoms with Gasteiger partial charge in [-0.25, -0.2) is 0 Å². The van der Waals surface area contributed by atoms with Crippen LogP contribution in [0.2, 0.25) is 0 Å². The fourth-order valence-electron chi connectivity index (χ4n) is 2.98. The van der Waals surface area contributed by atoms with E-state index in [0.29, 0.717) is 25.7 Å². The maximum atomic E-state index is 12.0. The first-order chi connectivity index (χ1) is 11.0. The Hall–Kier alpha value is -1.46. The van der Waals surface area contributed by atoms with Crippen LogP contribution in [0.4, 0.5) is 0 Å². The summed E-state index contributed by atoms with van der Waals surface area (Å²) in [5.41, 5.74) is 0. The molecule has 0 saturated heterocycles. The minimum Gasteiger partial charge on any atom is -0.481 e. The lowest BCUT2D eigenvalue weighted by molar-refractivity contribution is -0.137. The molecule has 0 heterocycles. The van der Waals surface area contributed by atoms with E-state index in [1.165, 1.54) is 0 Å². The van der Waals surface area contributed by atoms with Gasteiger partial charge >= 0.3 is 5.97 Å². The Bertz CT molecular complexity index is 441. The van der Waals surface area contributed by atoms with Crippen molar-refractivity contribution in [2.75, 3.05) is 0 Å². The number of carboxylic acid groups (broad SMARTS) is 1. The molecular formula is C18H28O5. The number of carbonyl (C=O) groups is 2. The number of unbranched alkanes of at least 4 members (excludes halogenated alkanes) is 1. The largest absolute Gasteiger partial charge is 0.481 e. The second kappa shape index (κ2) is 10.3. The summed E-state index contributed by atoms with van der Waals surface area (Å²) in [5.74, 6) is -1.38. The Labute approximate surface area is 137 Å². The fourth-order valence-corrected chi connectivity index (χ4v) is 2.98. The molecule has 130 valence electrons. The van der Waals surface area contributed by atoms with Gasteiger partial charge in [-0.3, -0.25) is 9.59 Å². The first-order valence-electron chi connectivity index (χ1n) is 8.39. The molecule has 0 aromatic carbocycles. The molecule has 1 aliphatic rings. The Kier molecular flexibility index (Phi) is 8.81. The molecule has 0 aromatic heterocycles. The number of hydrogen-bond donors (Lipinski definition) is 3. The molecule has 1 fully saturated rings. The molecule has 5 heteroatoms. The molecule has 3 N–H and O–H groups in total. The normalized spacial score (nSPS) is 26.4. The third-order valence-corrected chi connectivity index (χ3v) is 4.24. The number of ketones is 1. The van der Waals surface area contributed by atoms with Crippen LogP contribution in [0.15, 0.2) is 24.3 Å². The number of Topliss-reactive ketones (excluding diaryl/α,β-unsaturated/α-hetero) is 1. The van der Waals surface area contributed by atoms with Crippen LogP contribution >= 0.6 is 0 Å². The van der Waals surface area contributed by atoms with Crippen molar-refractivity contribution in [3.05, 3.63) is 24.3 Å². The lowest BCUT2D eigenvalue weighted by Gasteiger charge is -2.18. The van der Waals surface area contributed by atoms with Crippen LogP contribution in [-0.2, 0) is 9.59 Å². The average molecular weight is 324 g/mol. The number of carbonyl (C=O) groups excluding carboxylic acids is 1. The predicted molar refractivity (Wildman–Crippen MR) is 87.9 cm³/mol. The van der Waals surface area contributed by atoms with Gasteiger partial charge in [0, 0.05) is 18.8 Å². The summed E-state index contributed by atoms with van der Waals surface area (Å²) < 4.78 is 0. The fraction of sp³-hybridized carbons (Fsp3) is 0.667. The lowest BCUT2D eigenvalue weighted by Crippen LogP contribution is -2.19. The van der Waals surface area contributed by atoms with E-state index in [1.54, 1.807) is 12.2 Å². The van der Waals surface area contributed by atoms with E-state index in [2.05, 4.69) is 0 Å².